The first-order chi connectivity index (χ1) is 12.1. The lowest BCUT2D eigenvalue weighted by Gasteiger charge is -2.43. The molecule has 1 aliphatic carbocycles. The SMILES string of the molecule is C[C@H]1CC(C)(C)C[C@@]2(C1)NC(=O)N(CN(C)Cc1ccc(Br)cc1)C2=O. The number of amides is 3. The Balaban J connectivity index is 1.70. The summed E-state index contributed by atoms with van der Waals surface area (Å²) < 4.78 is 1.04. The number of urea groups is 1. The summed E-state index contributed by atoms with van der Waals surface area (Å²) in [7, 11) is 1.93. The molecule has 1 saturated carbocycles. The minimum atomic E-state index is -0.725. The van der Waals surface area contributed by atoms with Gasteiger partial charge in [0.15, 0.2) is 0 Å². The summed E-state index contributed by atoms with van der Waals surface area (Å²) in [5, 5.41) is 3.04. The van der Waals surface area contributed by atoms with Gasteiger partial charge in [-0.3, -0.25) is 9.69 Å². The standard InChI is InChI=1S/C20H28BrN3O2/c1-14-9-19(2,3)12-20(10-14)17(25)24(18(26)22-20)13-23(4)11-15-5-7-16(21)8-6-15/h5-8,14H,9-13H2,1-4H3,(H,22,26)/t14-,20+/m0/s1. The number of nitrogens with zero attached hydrogens (tertiary/aromatic N) is 2. The van der Waals surface area contributed by atoms with Crippen LogP contribution in [0.4, 0.5) is 4.79 Å². The zero-order valence-corrected chi connectivity index (χ0v) is 17.6. The van der Waals surface area contributed by atoms with E-state index < -0.39 is 5.54 Å². The molecule has 5 nitrogen and oxygen atoms in total. The topological polar surface area (TPSA) is 52.7 Å². The third kappa shape index (κ3) is 3.96. The van der Waals surface area contributed by atoms with E-state index in [-0.39, 0.29) is 17.4 Å². The molecule has 2 atom stereocenters. The molecule has 1 aromatic rings. The van der Waals surface area contributed by atoms with Crippen molar-refractivity contribution in [1.29, 1.82) is 0 Å². The molecule has 3 amide bonds. The Bertz CT molecular complexity index is 704. The lowest BCUT2D eigenvalue weighted by Crippen LogP contribution is -2.54. The van der Waals surface area contributed by atoms with Crippen molar-refractivity contribution in [2.24, 2.45) is 11.3 Å². The van der Waals surface area contributed by atoms with Crippen molar-refractivity contribution in [3.8, 4) is 0 Å². The van der Waals surface area contributed by atoms with Gasteiger partial charge in [0.2, 0.25) is 0 Å². The van der Waals surface area contributed by atoms with Gasteiger partial charge in [-0.05, 0) is 55.3 Å². The molecule has 1 aliphatic heterocycles. The Morgan fingerprint density at radius 3 is 2.50 bits per heavy atom. The highest BCUT2D eigenvalue weighted by Crippen LogP contribution is 2.46. The summed E-state index contributed by atoms with van der Waals surface area (Å²) >= 11 is 3.43. The number of carbonyl (C=O) groups excluding carboxylic acids is 2. The van der Waals surface area contributed by atoms with Crippen LogP contribution in [0.25, 0.3) is 0 Å². The maximum absolute atomic E-state index is 13.2. The maximum atomic E-state index is 13.2. The van der Waals surface area contributed by atoms with E-state index in [1.54, 1.807) is 0 Å². The van der Waals surface area contributed by atoms with Gasteiger partial charge in [0.05, 0.1) is 6.67 Å². The van der Waals surface area contributed by atoms with Crippen molar-refractivity contribution in [2.75, 3.05) is 13.7 Å². The molecule has 6 heteroatoms. The van der Waals surface area contributed by atoms with Gasteiger partial charge < -0.3 is 5.32 Å². The van der Waals surface area contributed by atoms with Gasteiger partial charge in [0.1, 0.15) is 5.54 Å². The predicted molar refractivity (Wildman–Crippen MR) is 105 cm³/mol. The molecule has 1 N–H and O–H groups in total. The highest BCUT2D eigenvalue weighted by molar-refractivity contribution is 9.10. The highest BCUT2D eigenvalue weighted by atomic mass is 79.9. The molecule has 0 unspecified atom stereocenters. The van der Waals surface area contributed by atoms with E-state index in [0.29, 0.717) is 25.6 Å². The van der Waals surface area contributed by atoms with E-state index in [0.717, 1.165) is 22.9 Å². The van der Waals surface area contributed by atoms with Crippen LogP contribution in [-0.4, -0.2) is 41.0 Å². The van der Waals surface area contributed by atoms with E-state index in [9.17, 15) is 9.59 Å². The molecule has 0 aromatic heterocycles. The summed E-state index contributed by atoms with van der Waals surface area (Å²) in [4.78, 5) is 29.1. The Labute approximate surface area is 164 Å². The smallest absolute Gasteiger partial charge is 0.323 e. The van der Waals surface area contributed by atoms with Crippen molar-refractivity contribution in [2.45, 2.75) is 52.1 Å². The summed E-state index contributed by atoms with van der Waals surface area (Å²) in [6.45, 7) is 7.53. The molecule has 0 bridgehead atoms. The summed E-state index contributed by atoms with van der Waals surface area (Å²) in [5.74, 6) is 0.355. The molecule has 0 radical (unpaired) electrons. The van der Waals surface area contributed by atoms with Crippen molar-refractivity contribution < 1.29 is 9.59 Å². The zero-order valence-electron chi connectivity index (χ0n) is 16.0. The minimum absolute atomic E-state index is 0.0555. The molecule has 26 heavy (non-hydrogen) atoms. The maximum Gasteiger partial charge on any atom is 0.326 e. The monoisotopic (exact) mass is 421 g/mol. The molecular formula is C20H28BrN3O2. The normalized spacial score (nSPS) is 28.1. The average molecular weight is 422 g/mol. The van der Waals surface area contributed by atoms with Gasteiger partial charge in [-0.1, -0.05) is 48.8 Å². The van der Waals surface area contributed by atoms with Crippen LogP contribution in [0.5, 0.6) is 0 Å². The van der Waals surface area contributed by atoms with Crippen molar-refractivity contribution in [1.82, 2.24) is 15.1 Å². The molecule has 142 valence electrons. The third-order valence-corrected chi connectivity index (χ3v) is 5.90. The average Bonchev–Trinajstić information content (AvgIpc) is 2.71. The molecule has 2 aliphatic rings. The molecule has 2 fully saturated rings. The number of hydrogen-bond acceptors (Lipinski definition) is 3. The number of carbonyl (C=O) groups is 2. The molecule has 1 aromatic carbocycles. The summed E-state index contributed by atoms with van der Waals surface area (Å²) in [5.41, 5.74) is 0.473. The van der Waals surface area contributed by atoms with Crippen LogP contribution in [0, 0.1) is 11.3 Å². The van der Waals surface area contributed by atoms with Gasteiger partial charge in [0.25, 0.3) is 5.91 Å². The zero-order chi connectivity index (χ0) is 19.1. The summed E-state index contributed by atoms with van der Waals surface area (Å²) in [6, 6.07) is 7.82. The molecule has 1 spiro atoms. The third-order valence-electron chi connectivity index (χ3n) is 5.37. The summed E-state index contributed by atoms with van der Waals surface area (Å²) in [6.07, 6.45) is 2.52. The second-order valence-corrected chi connectivity index (χ2v) is 9.80. The molecular weight excluding hydrogens is 394 g/mol. The van der Waals surface area contributed by atoms with Crippen LogP contribution in [0.15, 0.2) is 28.7 Å². The Morgan fingerprint density at radius 2 is 1.88 bits per heavy atom. The fourth-order valence-corrected chi connectivity index (χ4v) is 5.09. The van der Waals surface area contributed by atoms with Gasteiger partial charge in [-0.15, -0.1) is 0 Å². The first kappa shape index (κ1) is 19.4. The minimum Gasteiger partial charge on any atom is -0.323 e. The van der Waals surface area contributed by atoms with Crippen LogP contribution in [0.2, 0.25) is 0 Å². The largest absolute Gasteiger partial charge is 0.326 e. The molecule has 1 heterocycles. The van der Waals surface area contributed by atoms with Crippen LogP contribution < -0.4 is 5.32 Å². The van der Waals surface area contributed by atoms with Crippen molar-refractivity contribution >= 4 is 27.9 Å². The second kappa shape index (κ2) is 6.97. The number of hydrogen-bond donors (Lipinski definition) is 1. The predicted octanol–water partition coefficient (Wildman–Crippen LogP) is 3.98. The Morgan fingerprint density at radius 1 is 1.23 bits per heavy atom. The number of halogens is 1. The van der Waals surface area contributed by atoms with E-state index in [4.69, 9.17) is 0 Å². The van der Waals surface area contributed by atoms with Crippen molar-refractivity contribution in [3.05, 3.63) is 34.3 Å². The van der Waals surface area contributed by atoms with Crippen LogP contribution in [0.1, 0.15) is 45.6 Å². The molecule has 1 saturated heterocycles. The Kier molecular flexibility index (Phi) is 5.19. The highest BCUT2D eigenvalue weighted by Gasteiger charge is 2.56. The number of benzene rings is 1. The van der Waals surface area contributed by atoms with Gasteiger partial charge in [-0.25, -0.2) is 9.69 Å². The van der Waals surface area contributed by atoms with Gasteiger partial charge in [-0.2, -0.15) is 0 Å². The first-order valence-electron chi connectivity index (χ1n) is 9.17. The van der Waals surface area contributed by atoms with Crippen LogP contribution in [0.3, 0.4) is 0 Å². The van der Waals surface area contributed by atoms with E-state index in [2.05, 4.69) is 42.0 Å². The lowest BCUT2D eigenvalue weighted by atomic mass is 9.64. The van der Waals surface area contributed by atoms with E-state index >= 15 is 0 Å². The quantitative estimate of drug-likeness (QED) is 0.747. The fourth-order valence-electron chi connectivity index (χ4n) is 4.83. The van der Waals surface area contributed by atoms with Crippen molar-refractivity contribution in [3.63, 3.8) is 0 Å². The van der Waals surface area contributed by atoms with Gasteiger partial charge >= 0.3 is 6.03 Å². The fraction of sp³-hybridized carbons (Fsp3) is 0.600. The van der Waals surface area contributed by atoms with E-state index in [1.807, 2.05) is 36.2 Å². The van der Waals surface area contributed by atoms with E-state index in [1.165, 1.54) is 4.90 Å². The Hall–Kier alpha value is -1.40. The first-order valence-corrected chi connectivity index (χ1v) is 9.97. The van der Waals surface area contributed by atoms with Crippen LogP contribution >= 0.6 is 15.9 Å². The lowest BCUT2D eigenvalue weighted by molar-refractivity contribution is -0.136. The second-order valence-electron chi connectivity index (χ2n) is 8.88. The van der Waals surface area contributed by atoms with Gasteiger partial charge in [0, 0.05) is 11.0 Å². The number of nitrogens with one attached hydrogen (secondary N) is 1. The van der Waals surface area contributed by atoms with Crippen LogP contribution in [-0.2, 0) is 11.3 Å². The number of rotatable bonds is 4. The molecule has 3 rings (SSSR count). The number of imide groups is 1.